The molecule has 0 rings (SSSR count). The zero-order valence-corrected chi connectivity index (χ0v) is 11.2. The molecule has 0 saturated carbocycles. The van der Waals surface area contributed by atoms with Gasteiger partial charge in [-0.1, -0.05) is 32.6 Å². The summed E-state index contributed by atoms with van der Waals surface area (Å²) in [6, 6.07) is 0. The van der Waals surface area contributed by atoms with Crippen molar-refractivity contribution in [1.29, 1.82) is 0 Å². The molecule has 0 aromatic heterocycles. The van der Waals surface area contributed by atoms with Crippen LogP contribution in [0, 0.1) is 5.92 Å². The van der Waals surface area contributed by atoms with Gasteiger partial charge in [-0.2, -0.15) is 0 Å². The minimum atomic E-state index is 0.879. The highest BCUT2D eigenvalue weighted by Gasteiger charge is 2.08. The first-order valence-electron chi connectivity index (χ1n) is 6.50. The second-order valence-corrected chi connectivity index (χ2v) is 4.87. The summed E-state index contributed by atoms with van der Waals surface area (Å²) < 4.78 is 0. The highest BCUT2D eigenvalue weighted by atomic mass is 15.1. The van der Waals surface area contributed by atoms with Crippen molar-refractivity contribution < 1.29 is 0 Å². The van der Waals surface area contributed by atoms with Gasteiger partial charge in [0, 0.05) is 6.54 Å². The van der Waals surface area contributed by atoms with Crippen LogP contribution in [-0.2, 0) is 0 Å². The maximum atomic E-state index is 3.25. The molecule has 1 N–H and O–H groups in total. The highest BCUT2D eigenvalue weighted by Crippen LogP contribution is 2.14. The van der Waals surface area contributed by atoms with Gasteiger partial charge in [0.05, 0.1) is 0 Å². The van der Waals surface area contributed by atoms with E-state index >= 15 is 0 Å². The number of rotatable bonds is 10. The fourth-order valence-corrected chi connectivity index (χ4v) is 2.05. The van der Waals surface area contributed by atoms with E-state index in [9.17, 15) is 0 Å². The third-order valence-corrected chi connectivity index (χ3v) is 2.89. The summed E-state index contributed by atoms with van der Waals surface area (Å²) in [6.07, 6.45) is 8.30. The van der Waals surface area contributed by atoms with E-state index in [1.54, 1.807) is 0 Å². The van der Waals surface area contributed by atoms with Crippen LogP contribution in [0.25, 0.3) is 0 Å². The zero-order chi connectivity index (χ0) is 11.5. The maximum absolute atomic E-state index is 3.25. The van der Waals surface area contributed by atoms with E-state index in [1.807, 2.05) is 7.05 Å². The van der Waals surface area contributed by atoms with Crippen LogP contribution < -0.4 is 5.32 Å². The lowest BCUT2D eigenvalue weighted by Gasteiger charge is -2.20. The van der Waals surface area contributed by atoms with Crippen molar-refractivity contribution in [3.8, 4) is 0 Å². The monoisotopic (exact) mass is 214 g/mol. The summed E-state index contributed by atoms with van der Waals surface area (Å²) in [5, 5.41) is 3.25. The third-order valence-electron chi connectivity index (χ3n) is 2.89. The van der Waals surface area contributed by atoms with Crippen molar-refractivity contribution in [3.05, 3.63) is 0 Å². The lowest BCUT2D eigenvalue weighted by molar-refractivity contribution is 0.292. The Morgan fingerprint density at radius 2 is 1.80 bits per heavy atom. The van der Waals surface area contributed by atoms with Crippen molar-refractivity contribution in [3.63, 3.8) is 0 Å². The predicted octanol–water partition coefficient (Wildman–Crippen LogP) is 2.74. The van der Waals surface area contributed by atoms with E-state index in [0.717, 1.165) is 12.5 Å². The van der Waals surface area contributed by atoms with E-state index in [2.05, 4.69) is 31.2 Å². The molecule has 0 aliphatic carbocycles. The highest BCUT2D eigenvalue weighted by molar-refractivity contribution is 4.63. The minimum absolute atomic E-state index is 0.879. The molecule has 2 heteroatoms. The normalized spacial score (nSPS) is 13.4. The van der Waals surface area contributed by atoms with Gasteiger partial charge in [-0.05, 0) is 46.4 Å². The molecular formula is C13H30N2. The SMILES string of the molecule is CCCCCCC(CCNC)CN(C)C. The van der Waals surface area contributed by atoms with Crippen LogP contribution in [0.2, 0.25) is 0 Å². The molecule has 0 bridgehead atoms. The average molecular weight is 214 g/mol. The lowest BCUT2D eigenvalue weighted by atomic mass is 9.97. The topological polar surface area (TPSA) is 15.3 Å². The number of nitrogens with zero attached hydrogens (tertiary/aromatic N) is 1. The Kier molecular flexibility index (Phi) is 10.4. The molecule has 92 valence electrons. The van der Waals surface area contributed by atoms with Gasteiger partial charge in [0.1, 0.15) is 0 Å². The van der Waals surface area contributed by atoms with E-state index < -0.39 is 0 Å². The van der Waals surface area contributed by atoms with Crippen molar-refractivity contribution in [2.75, 3.05) is 34.2 Å². The van der Waals surface area contributed by atoms with Crippen LogP contribution in [0.15, 0.2) is 0 Å². The van der Waals surface area contributed by atoms with Crippen molar-refractivity contribution >= 4 is 0 Å². The Morgan fingerprint density at radius 1 is 1.07 bits per heavy atom. The molecule has 0 aromatic rings. The molecule has 0 aliphatic heterocycles. The summed E-state index contributed by atoms with van der Waals surface area (Å²) in [7, 11) is 6.40. The molecule has 0 aliphatic rings. The van der Waals surface area contributed by atoms with E-state index in [4.69, 9.17) is 0 Å². The first-order chi connectivity index (χ1) is 7.20. The molecule has 1 atom stereocenters. The largest absolute Gasteiger partial charge is 0.320 e. The Balaban J connectivity index is 3.59. The Bertz CT molecular complexity index is 124. The Hall–Kier alpha value is -0.0800. The molecule has 0 aromatic carbocycles. The summed E-state index contributed by atoms with van der Waals surface area (Å²) in [4.78, 5) is 2.32. The first kappa shape index (κ1) is 14.9. The van der Waals surface area contributed by atoms with Gasteiger partial charge >= 0.3 is 0 Å². The van der Waals surface area contributed by atoms with Crippen LogP contribution in [-0.4, -0.2) is 39.1 Å². The molecule has 0 amide bonds. The van der Waals surface area contributed by atoms with Gasteiger partial charge in [0.2, 0.25) is 0 Å². The molecule has 0 spiro atoms. The fraction of sp³-hybridized carbons (Fsp3) is 1.00. The Morgan fingerprint density at radius 3 is 2.33 bits per heavy atom. The molecule has 0 fully saturated rings. The average Bonchev–Trinajstić information content (AvgIpc) is 2.19. The van der Waals surface area contributed by atoms with Crippen LogP contribution in [0.3, 0.4) is 0 Å². The number of unbranched alkanes of at least 4 members (excludes halogenated alkanes) is 3. The van der Waals surface area contributed by atoms with Gasteiger partial charge in [0.15, 0.2) is 0 Å². The molecule has 0 saturated heterocycles. The first-order valence-corrected chi connectivity index (χ1v) is 6.50. The maximum Gasteiger partial charge on any atom is 0.000403 e. The fourth-order valence-electron chi connectivity index (χ4n) is 2.05. The molecule has 0 heterocycles. The molecular weight excluding hydrogens is 184 g/mol. The third kappa shape index (κ3) is 10.2. The second-order valence-electron chi connectivity index (χ2n) is 4.87. The molecule has 1 unspecified atom stereocenters. The van der Waals surface area contributed by atoms with Gasteiger partial charge in [-0.3, -0.25) is 0 Å². The van der Waals surface area contributed by atoms with Gasteiger partial charge in [0.25, 0.3) is 0 Å². The van der Waals surface area contributed by atoms with Crippen LogP contribution >= 0.6 is 0 Å². The second kappa shape index (κ2) is 10.4. The molecule has 15 heavy (non-hydrogen) atoms. The van der Waals surface area contributed by atoms with Crippen LogP contribution in [0.1, 0.15) is 45.4 Å². The Labute approximate surface area is 96.4 Å². The quantitative estimate of drug-likeness (QED) is 0.563. The predicted molar refractivity (Wildman–Crippen MR) is 69.3 cm³/mol. The summed E-state index contributed by atoms with van der Waals surface area (Å²) >= 11 is 0. The van der Waals surface area contributed by atoms with Gasteiger partial charge in [-0.15, -0.1) is 0 Å². The smallest absolute Gasteiger partial charge is 0.000403 e. The van der Waals surface area contributed by atoms with E-state index in [1.165, 1.54) is 45.1 Å². The van der Waals surface area contributed by atoms with Gasteiger partial charge < -0.3 is 10.2 Å². The zero-order valence-electron chi connectivity index (χ0n) is 11.2. The van der Waals surface area contributed by atoms with Crippen molar-refractivity contribution in [2.24, 2.45) is 5.92 Å². The summed E-state index contributed by atoms with van der Waals surface area (Å²) in [5.41, 5.74) is 0. The molecule has 0 radical (unpaired) electrons. The lowest BCUT2D eigenvalue weighted by Crippen LogP contribution is -2.24. The van der Waals surface area contributed by atoms with Crippen LogP contribution in [0.5, 0.6) is 0 Å². The van der Waals surface area contributed by atoms with Crippen molar-refractivity contribution in [1.82, 2.24) is 10.2 Å². The standard InChI is InChI=1S/C13H30N2/c1-5-6-7-8-9-13(10-11-14-2)12-15(3)4/h13-14H,5-12H2,1-4H3. The van der Waals surface area contributed by atoms with E-state index in [-0.39, 0.29) is 0 Å². The van der Waals surface area contributed by atoms with Crippen molar-refractivity contribution in [2.45, 2.75) is 45.4 Å². The number of nitrogens with one attached hydrogen (secondary N) is 1. The summed E-state index contributed by atoms with van der Waals surface area (Å²) in [6.45, 7) is 4.68. The van der Waals surface area contributed by atoms with E-state index in [0.29, 0.717) is 0 Å². The minimum Gasteiger partial charge on any atom is -0.320 e. The summed E-state index contributed by atoms with van der Waals surface area (Å²) in [5.74, 6) is 0.879. The van der Waals surface area contributed by atoms with Gasteiger partial charge in [-0.25, -0.2) is 0 Å². The molecule has 2 nitrogen and oxygen atoms in total. The number of hydrogen-bond acceptors (Lipinski definition) is 2. The number of hydrogen-bond donors (Lipinski definition) is 1. The van der Waals surface area contributed by atoms with Crippen LogP contribution in [0.4, 0.5) is 0 Å².